The minimum Gasteiger partial charge on any atom is -0.308 e. The monoisotopic (exact) mass is 682 g/mol. The van der Waals surface area contributed by atoms with Crippen LogP contribution < -0.4 is 0 Å². The molecule has 0 N–H and O–H groups in total. The van der Waals surface area contributed by atoms with Crippen molar-refractivity contribution in [2.75, 3.05) is 0 Å². The number of hydrogen-bond donors (Lipinski definition) is 0. The van der Waals surface area contributed by atoms with Gasteiger partial charge in [-0.2, -0.15) is 26.3 Å². The van der Waals surface area contributed by atoms with E-state index in [1.807, 2.05) is 54.0 Å². The highest BCUT2D eigenvalue weighted by molar-refractivity contribution is 6.34. The van der Waals surface area contributed by atoms with E-state index in [9.17, 15) is 26.3 Å². The standard InChI is InChI=1S/C43H24F6N2/c1-22-10-13-29-32(17-22)39-30-14-12-25-20-35-40(41-34(9-4-16-50-41)51(35)28-8-3-7-27(21-28)43(47,48)49)31-15-11-24(37(30)38(25)31)19-33(39)36(29)23-5-2-6-26(18-23)42(44,45)46/h2-21,36H,1H3. The van der Waals surface area contributed by atoms with Crippen molar-refractivity contribution in [3.8, 4) is 16.8 Å². The Morgan fingerprint density at radius 3 is 2.08 bits per heavy atom. The fraction of sp³-hybridized carbons (Fsp3) is 0.0930. The van der Waals surface area contributed by atoms with Gasteiger partial charge in [0, 0.05) is 23.2 Å². The third-order valence-corrected chi connectivity index (χ3v) is 10.5. The van der Waals surface area contributed by atoms with E-state index in [2.05, 4.69) is 18.2 Å². The first-order valence-corrected chi connectivity index (χ1v) is 16.5. The lowest BCUT2D eigenvalue weighted by atomic mass is 9.85. The van der Waals surface area contributed by atoms with Crippen LogP contribution in [0.25, 0.3) is 71.1 Å². The Balaban J connectivity index is 1.29. The fourth-order valence-electron chi connectivity index (χ4n) is 8.47. The fourth-order valence-corrected chi connectivity index (χ4v) is 8.47. The number of hydrogen-bond acceptors (Lipinski definition) is 1. The molecule has 1 aliphatic rings. The molecule has 0 radical (unpaired) electrons. The first-order valence-electron chi connectivity index (χ1n) is 16.5. The number of rotatable bonds is 2. The SMILES string of the molecule is Cc1ccc2c(c1)-c1c(cc3ccc4c5c(ccc1c35)cc1c4c3ncccc3n1-c1cccc(C(F)(F)F)c1)C2c1cccc(C(F)(F)F)c1. The van der Waals surface area contributed by atoms with Crippen molar-refractivity contribution >= 4 is 54.3 Å². The van der Waals surface area contributed by atoms with E-state index in [0.717, 1.165) is 83.2 Å². The summed E-state index contributed by atoms with van der Waals surface area (Å²) in [5, 5.41) is 6.66. The van der Waals surface area contributed by atoms with Gasteiger partial charge in [-0.25, -0.2) is 0 Å². The number of fused-ring (bicyclic) bond motifs is 8. The lowest BCUT2D eigenvalue weighted by Crippen LogP contribution is -2.07. The maximum atomic E-state index is 13.9. The van der Waals surface area contributed by atoms with E-state index >= 15 is 0 Å². The van der Waals surface area contributed by atoms with E-state index in [0.29, 0.717) is 22.3 Å². The Morgan fingerprint density at radius 1 is 0.588 bits per heavy atom. The molecule has 8 heteroatoms. The zero-order chi connectivity index (χ0) is 35.0. The highest BCUT2D eigenvalue weighted by Crippen LogP contribution is 2.54. The van der Waals surface area contributed by atoms with Gasteiger partial charge in [0.25, 0.3) is 0 Å². The number of aryl methyl sites for hydroxylation is 1. The molecule has 2 aromatic heterocycles. The number of nitrogens with zero attached hydrogens (tertiary/aromatic N) is 2. The minimum atomic E-state index is -4.50. The van der Waals surface area contributed by atoms with Crippen molar-refractivity contribution in [2.45, 2.75) is 25.2 Å². The topological polar surface area (TPSA) is 17.8 Å². The first kappa shape index (κ1) is 30.0. The van der Waals surface area contributed by atoms with E-state index in [1.165, 1.54) is 24.3 Å². The Kier molecular flexibility index (Phi) is 5.93. The van der Waals surface area contributed by atoms with Crippen molar-refractivity contribution in [1.29, 1.82) is 0 Å². The summed E-state index contributed by atoms with van der Waals surface area (Å²) < 4.78 is 85.0. The molecule has 0 saturated heterocycles. The molecule has 1 unspecified atom stereocenters. The van der Waals surface area contributed by atoms with Gasteiger partial charge in [-0.05, 0) is 116 Å². The Bertz CT molecular complexity index is 2910. The second-order valence-corrected chi connectivity index (χ2v) is 13.4. The van der Waals surface area contributed by atoms with Gasteiger partial charge in [-0.15, -0.1) is 0 Å². The van der Waals surface area contributed by atoms with Crippen LogP contribution in [0.15, 0.2) is 121 Å². The van der Waals surface area contributed by atoms with Gasteiger partial charge in [0.05, 0.1) is 27.7 Å². The molecule has 0 saturated carbocycles. The van der Waals surface area contributed by atoms with Crippen LogP contribution in [0.2, 0.25) is 0 Å². The number of halogens is 6. The van der Waals surface area contributed by atoms with Gasteiger partial charge in [-0.1, -0.05) is 72.3 Å². The molecular formula is C43H24F6N2. The van der Waals surface area contributed by atoms with Gasteiger partial charge in [0.2, 0.25) is 0 Å². The number of benzene rings is 7. The Labute approximate surface area is 286 Å². The van der Waals surface area contributed by atoms with Gasteiger partial charge in [0.1, 0.15) is 0 Å². The predicted octanol–water partition coefficient (Wildman–Crippen LogP) is 12.6. The number of pyridine rings is 1. The van der Waals surface area contributed by atoms with Crippen molar-refractivity contribution in [1.82, 2.24) is 9.55 Å². The third kappa shape index (κ3) is 4.22. The molecule has 0 amide bonds. The zero-order valence-corrected chi connectivity index (χ0v) is 26.8. The smallest absolute Gasteiger partial charge is 0.308 e. The minimum absolute atomic E-state index is 0.385. The zero-order valence-electron chi connectivity index (χ0n) is 26.8. The average molecular weight is 683 g/mol. The summed E-state index contributed by atoms with van der Waals surface area (Å²) in [6, 6.07) is 33.1. The average Bonchev–Trinajstić information content (AvgIpc) is 3.61. The van der Waals surface area contributed by atoms with Crippen molar-refractivity contribution < 1.29 is 26.3 Å². The number of aromatic nitrogens is 2. The summed E-state index contributed by atoms with van der Waals surface area (Å²) >= 11 is 0. The molecule has 7 aromatic carbocycles. The molecule has 0 aliphatic heterocycles. The van der Waals surface area contributed by atoms with Crippen LogP contribution in [-0.2, 0) is 12.4 Å². The quantitative estimate of drug-likeness (QED) is 0.131. The van der Waals surface area contributed by atoms with Crippen LogP contribution in [0, 0.1) is 6.92 Å². The van der Waals surface area contributed by atoms with Crippen LogP contribution in [0.1, 0.15) is 39.3 Å². The highest BCUT2D eigenvalue weighted by Gasteiger charge is 2.36. The molecule has 248 valence electrons. The largest absolute Gasteiger partial charge is 0.416 e. The molecule has 9 aromatic rings. The molecule has 2 nitrogen and oxygen atoms in total. The van der Waals surface area contributed by atoms with Gasteiger partial charge in [0.15, 0.2) is 0 Å². The van der Waals surface area contributed by atoms with Crippen LogP contribution in [-0.4, -0.2) is 9.55 Å². The van der Waals surface area contributed by atoms with Crippen LogP contribution in [0.3, 0.4) is 0 Å². The first-order chi connectivity index (χ1) is 24.5. The molecule has 0 fully saturated rings. The lowest BCUT2D eigenvalue weighted by molar-refractivity contribution is -0.138. The molecule has 2 heterocycles. The van der Waals surface area contributed by atoms with Crippen LogP contribution in [0.4, 0.5) is 26.3 Å². The predicted molar refractivity (Wildman–Crippen MR) is 190 cm³/mol. The summed E-state index contributed by atoms with van der Waals surface area (Å²) in [4.78, 5) is 4.75. The molecule has 10 rings (SSSR count). The molecule has 1 aliphatic carbocycles. The van der Waals surface area contributed by atoms with E-state index in [1.54, 1.807) is 24.4 Å². The van der Waals surface area contributed by atoms with Gasteiger partial charge in [-0.3, -0.25) is 4.98 Å². The maximum Gasteiger partial charge on any atom is 0.416 e. The molecular weight excluding hydrogens is 658 g/mol. The second-order valence-electron chi connectivity index (χ2n) is 13.4. The van der Waals surface area contributed by atoms with Gasteiger partial charge < -0.3 is 4.57 Å². The molecule has 1 atom stereocenters. The van der Waals surface area contributed by atoms with E-state index < -0.39 is 23.5 Å². The normalized spacial score (nSPS) is 14.8. The summed E-state index contributed by atoms with van der Waals surface area (Å²) in [6.07, 6.45) is -7.27. The second kappa shape index (κ2) is 10.1. The lowest BCUT2D eigenvalue weighted by Gasteiger charge is -2.19. The van der Waals surface area contributed by atoms with Crippen LogP contribution >= 0.6 is 0 Å². The highest BCUT2D eigenvalue weighted by atomic mass is 19.4. The van der Waals surface area contributed by atoms with E-state index in [-0.39, 0.29) is 5.92 Å². The molecule has 0 spiro atoms. The van der Waals surface area contributed by atoms with Crippen molar-refractivity contribution in [2.24, 2.45) is 0 Å². The summed E-state index contributed by atoms with van der Waals surface area (Å²) in [5.74, 6) is -0.388. The van der Waals surface area contributed by atoms with Crippen LogP contribution in [0.5, 0.6) is 0 Å². The summed E-state index contributed by atoms with van der Waals surface area (Å²) in [6.45, 7) is 2.01. The summed E-state index contributed by atoms with van der Waals surface area (Å²) in [5.41, 5.74) is 6.62. The van der Waals surface area contributed by atoms with Crippen molar-refractivity contribution in [3.63, 3.8) is 0 Å². The van der Waals surface area contributed by atoms with Crippen molar-refractivity contribution in [3.05, 3.63) is 155 Å². The third-order valence-electron chi connectivity index (χ3n) is 10.5. The summed E-state index contributed by atoms with van der Waals surface area (Å²) in [7, 11) is 0. The Hall–Kier alpha value is -5.89. The van der Waals surface area contributed by atoms with E-state index in [4.69, 9.17) is 4.98 Å². The van der Waals surface area contributed by atoms with Gasteiger partial charge >= 0.3 is 12.4 Å². The molecule has 51 heavy (non-hydrogen) atoms. The maximum absolute atomic E-state index is 13.9. The Morgan fingerprint density at radius 2 is 1.29 bits per heavy atom. The number of alkyl halides is 6. The molecule has 0 bridgehead atoms.